The number of alkyl halides is 3. The number of nitrogens with zero attached hydrogens (tertiary/aromatic N) is 6. The lowest BCUT2D eigenvalue weighted by atomic mass is 10.2. The molecule has 31 heavy (non-hydrogen) atoms. The molecular weight excluding hydrogens is 409 g/mol. The number of carbonyl (C=O) groups is 1. The first-order valence-corrected chi connectivity index (χ1v) is 8.93. The lowest BCUT2D eigenvalue weighted by molar-refractivity contribution is -0.141. The van der Waals surface area contributed by atoms with Crippen LogP contribution in [-0.2, 0) is 6.18 Å². The van der Waals surface area contributed by atoms with E-state index < -0.39 is 17.8 Å². The summed E-state index contributed by atoms with van der Waals surface area (Å²) in [6.07, 6.45) is 0.924. The second-order valence-corrected chi connectivity index (χ2v) is 6.60. The first kappa shape index (κ1) is 20.0. The summed E-state index contributed by atoms with van der Waals surface area (Å²) in [4.78, 5) is 26.1. The van der Waals surface area contributed by atoms with E-state index in [9.17, 15) is 18.0 Å². The summed E-state index contributed by atoms with van der Waals surface area (Å²) in [5.41, 5.74) is 1.46. The molecule has 0 N–H and O–H groups in total. The Morgan fingerprint density at radius 3 is 2.39 bits per heavy atom. The van der Waals surface area contributed by atoms with E-state index in [0.29, 0.717) is 28.2 Å². The molecule has 4 aromatic rings. The summed E-state index contributed by atoms with van der Waals surface area (Å²) in [6, 6.07) is 10.7. The number of hydrogen-bond acceptors (Lipinski definition) is 5. The molecule has 0 bridgehead atoms. The molecule has 0 atom stereocenters. The third-order valence-electron chi connectivity index (χ3n) is 4.65. The highest BCUT2D eigenvalue weighted by molar-refractivity contribution is 6.04. The van der Waals surface area contributed by atoms with Crippen molar-refractivity contribution in [2.75, 3.05) is 11.9 Å². The van der Waals surface area contributed by atoms with Crippen molar-refractivity contribution in [2.45, 2.75) is 6.18 Å². The summed E-state index contributed by atoms with van der Waals surface area (Å²) in [6.45, 7) is 0. The molecule has 10 heteroatoms. The number of aromatic nitrogens is 4. The summed E-state index contributed by atoms with van der Waals surface area (Å²) in [7, 11) is 1.57. The Bertz CT molecular complexity index is 1300. The van der Waals surface area contributed by atoms with Crippen LogP contribution in [0.3, 0.4) is 0 Å². The normalized spacial score (nSPS) is 11.3. The fourth-order valence-corrected chi connectivity index (χ4v) is 2.97. The minimum Gasteiger partial charge on any atom is -0.310 e. The number of amides is 1. The number of benzene rings is 1. The molecule has 0 aliphatic rings. The average Bonchev–Trinajstić information content (AvgIpc) is 3.21. The third-order valence-corrected chi connectivity index (χ3v) is 4.65. The molecule has 1 amide bonds. The van der Waals surface area contributed by atoms with Gasteiger partial charge in [0.05, 0.1) is 29.7 Å². The van der Waals surface area contributed by atoms with Crippen LogP contribution >= 0.6 is 0 Å². The standard InChI is InChI=1S/C21H13F3N6O/c1-29(15-5-2-13(8-25)3-6-15)20(31)16-12-30-17(10-28-19(30)11-26-16)14-4-7-18(27-9-14)21(22,23)24/h2-7,9-12H,1H3. The van der Waals surface area contributed by atoms with Crippen molar-refractivity contribution in [1.29, 1.82) is 5.26 Å². The Morgan fingerprint density at radius 1 is 1.03 bits per heavy atom. The van der Waals surface area contributed by atoms with Gasteiger partial charge in [0.25, 0.3) is 5.91 Å². The molecule has 0 saturated heterocycles. The molecule has 3 heterocycles. The lowest BCUT2D eigenvalue weighted by Gasteiger charge is -2.17. The molecule has 154 valence electrons. The molecule has 0 spiro atoms. The molecule has 7 nitrogen and oxygen atoms in total. The number of imidazole rings is 1. The van der Waals surface area contributed by atoms with E-state index in [1.165, 1.54) is 29.6 Å². The van der Waals surface area contributed by atoms with Gasteiger partial charge in [-0.2, -0.15) is 18.4 Å². The molecule has 0 saturated carbocycles. The quantitative estimate of drug-likeness (QED) is 0.499. The van der Waals surface area contributed by atoms with E-state index in [1.807, 2.05) is 6.07 Å². The van der Waals surface area contributed by atoms with Gasteiger partial charge >= 0.3 is 6.18 Å². The Morgan fingerprint density at radius 2 is 1.77 bits per heavy atom. The van der Waals surface area contributed by atoms with Crippen molar-refractivity contribution in [1.82, 2.24) is 19.4 Å². The second kappa shape index (κ2) is 7.53. The molecule has 3 aromatic heterocycles. The maximum absolute atomic E-state index is 12.9. The van der Waals surface area contributed by atoms with Crippen molar-refractivity contribution >= 4 is 17.2 Å². The molecule has 0 fully saturated rings. The molecule has 0 unspecified atom stereocenters. The van der Waals surface area contributed by atoms with Gasteiger partial charge in [-0.15, -0.1) is 0 Å². The Labute approximate surface area is 174 Å². The van der Waals surface area contributed by atoms with Crippen LogP contribution in [0.5, 0.6) is 0 Å². The molecular formula is C21H13F3N6O. The molecule has 4 rings (SSSR count). The largest absolute Gasteiger partial charge is 0.433 e. The van der Waals surface area contributed by atoms with E-state index in [-0.39, 0.29) is 5.69 Å². The zero-order valence-electron chi connectivity index (χ0n) is 16.0. The zero-order valence-corrected chi connectivity index (χ0v) is 16.0. The first-order valence-electron chi connectivity index (χ1n) is 8.93. The van der Waals surface area contributed by atoms with Gasteiger partial charge in [-0.25, -0.2) is 9.97 Å². The van der Waals surface area contributed by atoms with Crippen LogP contribution in [0.25, 0.3) is 16.9 Å². The van der Waals surface area contributed by atoms with E-state index >= 15 is 0 Å². The van der Waals surface area contributed by atoms with E-state index in [4.69, 9.17) is 5.26 Å². The highest BCUT2D eigenvalue weighted by Gasteiger charge is 2.32. The minimum absolute atomic E-state index is 0.110. The number of anilines is 1. The van der Waals surface area contributed by atoms with Crippen molar-refractivity contribution in [3.05, 3.63) is 78.1 Å². The number of carbonyl (C=O) groups excluding carboxylic acids is 1. The van der Waals surface area contributed by atoms with E-state index in [1.54, 1.807) is 35.7 Å². The fraction of sp³-hybridized carbons (Fsp3) is 0.0952. The summed E-state index contributed by atoms with van der Waals surface area (Å²) >= 11 is 0. The number of halogens is 3. The number of hydrogen-bond donors (Lipinski definition) is 0. The van der Waals surface area contributed by atoms with Crippen LogP contribution in [0.15, 0.2) is 61.2 Å². The molecule has 0 aliphatic carbocycles. The lowest BCUT2D eigenvalue weighted by Crippen LogP contribution is -2.27. The number of pyridine rings is 1. The number of fused-ring (bicyclic) bond motifs is 1. The van der Waals surface area contributed by atoms with E-state index in [0.717, 1.165) is 12.3 Å². The summed E-state index contributed by atoms with van der Waals surface area (Å²) < 4.78 is 39.9. The maximum Gasteiger partial charge on any atom is 0.433 e. The molecule has 0 aliphatic heterocycles. The van der Waals surface area contributed by atoms with Crippen molar-refractivity contribution in [3.8, 4) is 17.3 Å². The third kappa shape index (κ3) is 3.81. The monoisotopic (exact) mass is 422 g/mol. The fourth-order valence-electron chi connectivity index (χ4n) is 2.97. The molecule has 0 radical (unpaired) electrons. The zero-order chi connectivity index (χ0) is 22.2. The average molecular weight is 422 g/mol. The Hall–Kier alpha value is -4.26. The van der Waals surface area contributed by atoms with Crippen LogP contribution in [-0.4, -0.2) is 32.3 Å². The topological polar surface area (TPSA) is 87.2 Å². The number of rotatable bonds is 3. The maximum atomic E-state index is 12.9. The number of nitriles is 1. The van der Waals surface area contributed by atoms with Crippen LogP contribution in [0, 0.1) is 11.3 Å². The Kier molecular flexibility index (Phi) is 4.87. The van der Waals surface area contributed by atoms with Gasteiger partial charge < -0.3 is 4.90 Å². The minimum atomic E-state index is -4.53. The Balaban J connectivity index is 1.67. The van der Waals surface area contributed by atoms with Gasteiger partial charge in [-0.05, 0) is 36.4 Å². The van der Waals surface area contributed by atoms with E-state index in [2.05, 4.69) is 15.0 Å². The van der Waals surface area contributed by atoms with Gasteiger partial charge in [-0.1, -0.05) is 0 Å². The van der Waals surface area contributed by atoms with Crippen molar-refractivity contribution < 1.29 is 18.0 Å². The smallest absolute Gasteiger partial charge is 0.310 e. The first-order chi connectivity index (χ1) is 14.8. The second-order valence-electron chi connectivity index (χ2n) is 6.60. The van der Waals surface area contributed by atoms with Gasteiger partial charge in [0.2, 0.25) is 0 Å². The predicted octanol–water partition coefficient (Wildman–Crippen LogP) is 3.96. The van der Waals surface area contributed by atoms with Crippen LogP contribution in [0.1, 0.15) is 21.7 Å². The van der Waals surface area contributed by atoms with Gasteiger partial charge in [0, 0.05) is 30.7 Å². The highest BCUT2D eigenvalue weighted by atomic mass is 19.4. The predicted molar refractivity (Wildman–Crippen MR) is 105 cm³/mol. The van der Waals surface area contributed by atoms with Gasteiger partial charge in [-0.3, -0.25) is 14.2 Å². The highest BCUT2D eigenvalue weighted by Crippen LogP contribution is 2.29. The molecule has 1 aromatic carbocycles. The van der Waals surface area contributed by atoms with Gasteiger partial charge in [0.1, 0.15) is 11.4 Å². The summed E-state index contributed by atoms with van der Waals surface area (Å²) in [5.74, 6) is -0.406. The van der Waals surface area contributed by atoms with Crippen molar-refractivity contribution in [3.63, 3.8) is 0 Å². The van der Waals surface area contributed by atoms with Crippen LogP contribution in [0.4, 0.5) is 18.9 Å². The summed E-state index contributed by atoms with van der Waals surface area (Å²) in [5, 5.41) is 8.90. The van der Waals surface area contributed by atoms with Crippen LogP contribution < -0.4 is 4.90 Å². The van der Waals surface area contributed by atoms with Gasteiger partial charge in [0.15, 0.2) is 5.65 Å². The SMILES string of the molecule is CN(C(=O)c1cn2c(-c3ccc(C(F)(F)F)nc3)cnc2cn1)c1ccc(C#N)cc1. The van der Waals surface area contributed by atoms with Crippen LogP contribution in [0.2, 0.25) is 0 Å². The van der Waals surface area contributed by atoms with Crippen molar-refractivity contribution in [2.24, 2.45) is 0 Å².